The van der Waals surface area contributed by atoms with Crippen LogP contribution >= 0.6 is 11.3 Å². The van der Waals surface area contributed by atoms with E-state index in [1.54, 1.807) is 0 Å². The van der Waals surface area contributed by atoms with Gasteiger partial charge in [0.25, 0.3) is 0 Å². The third kappa shape index (κ3) is 5.19. The SMILES string of the molecule is Cc1cccc(Cn2cc(CCNc3nc(Oc4c(C)cc(C#N)cc4C)c4sccc4n3)nn2)c1. The van der Waals surface area contributed by atoms with Gasteiger partial charge >= 0.3 is 0 Å². The Labute approximate surface area is 213 Å². The van der Waals surface area contributed by atoms with Gasteiger partial charge in [0.2, 0.25) is 11.8 Å². The number of anilines is 1. The van der Waals surface area contributed by atoms with Gasteiger partial charge in [0.1, 0.15) is 10.4 Å². The van der Waals surface area contributed by atoms with Crippen LogP contribution in [0, 0.1) is 32.1 Å². The molecular formula is C27H25N7OS. The van der Waals surface area contributed by atoms with Gasteiger partial charge in [-0.1, -0.05) is 35.0 Å². The average molecular weight is 496 g/mol. The van der Waals surface area contributed by atoms with E-state index in [4.69, 9.17) is 4.74 Å². The number of thiophene rings is 1. The molecule has 3 heterocycles. The van der Waals surface area contributed by atoms with Crippen LogP contribution in [0.2, 0.25) is 0 Å². The third-order valence-electron chi connectivity index (χ3n) is 5.74. The van der Waals surface area contributed by atoms with Gasteiger partial charge in [0.15, 0.2) is 0 Å². The number of nitrogens with one attached hydrogen (secondary N) is 1. The van der Waals surface area contributed by atoms with Gasteiger partial charge in [-0.05, 0) is 61.0 Å². The number of aromatic nitrogens is 5. The number of nitriles is 1. The molecule has 5 rings (SSSR count). The smallest absolute Gasteiger partial charge is 0.242 e. The lowest BCUT2D eigenvalue weighted by Crippen LogP contribution is -2.09. The van der Waals surface area contributed by atoms with Crippen LogP contribution in [0.4, 0.5) is 5.95 Å². The first-order valence-electron chi connectivity index (χ1n) is 11.6. The molecule has 8 nitrogen and oxygen atoms in total. The van der Waals surface area contributed by atoms with E-state index >= 15 is 0 Å². The summed E-state index contributed by atoms with van der Waals surface area (Å²) in [5.74, 6) is 1.70. The molecular weight excluding hydrogens is 470 g/mol. The van der Waals surface area contributed by atoms with Gasteiger partial charge in [0, 0.05) is 19.2 Å². The molecule has 5 aromatic rings. The molecule has 180 valence electrons. The molecule has 0 aliphatic heterocycles. The summed E-state index contributed by atoms with van der Waals surface area (Å²) in [4.78, 5) is 9.29. The number of nitrogens with zero attached hydrogens (tertiary/aromatic N) is 6. The molecule has 3 aromatic heterocycles. The van der Waals surface area contributed by atoms with Crippen molar-refractivity contribution in [1.29, 1.82) is 5.26 Å². The van der Waals surface area contributed by atoms with E-state index in [-0.39, 0.29) is 0 Å². The molecule has 2 aromatic carbocycles. The maximum absolute atomic E-state index is 9.23. The molecule has 0 fully saturated rings. The highest BCUT2D eigenvalue weighted by atomic mass is 32.1. The molecule has 0 bridgehead atoms. The zero-order valence-corrected chi connectivity index (χ0v) is 21.1. The van der Waals surface area contributed by atoms with Gasteiger partial charge in [-0.3, -0.25) is 0 Å². The Morgan fingerprint density at radius 1 is 1.08 bits per heavy atom. The minimum absolute atomic E-state index is 0.493. The minimum atomic E-state index is 0.493. The quantitative estimate of drug-likeness (QED) is 0.300. The summed E-state index contributed by atoms with van der Waals surface area (Å²) in [6.07, 6.45) is 2.65. The predicted octanol–water partition coefficient (Wildman–Crippen LogP) is 5.57. The molecule has 1 N–H and O–H groups in total. The normalized spacial score (nSPS) is 10.9. The zero-order chi connectivity index (χ0) is 25.1. The number of fused-ring (bicyclic) bond motifs is 1. The highest BCUT2D eigenvalue weighted by molar-refractivity contribution is 7.17. The van der Waals surface area contributed by atoms with Crippen LogP contribution in [-0.2, 0) is 13.0 Å². The van der Waals surface area contributed by atoms with Crippen LogP contribution in [-0.4, -0.2) is 31.5 Å². The van der Waals surface area contributed by atoms with E-state index in [2.05, 4.69) is 62.9 Å². The van der Waals surface area contributed by atoms with Crippen molar-refractivity contribution in [1.82, 2.24) is 25.0 Å². The van der Waals surface area contributed by atoms with E-state index in [0.717, 1.165) is 27.0 Å². The Bertz CT molecular complexity index is 1560. The Morgan fingerprint density at radius 2 is 1.92 bits per heavy atom. The molecule has 0 spiro atoms. The van der Waals surface area contributed by atoms with Crippen molar-refractivity contribution >= 4 is 27.5 Å². The van der Waals surface area contributed by atoms with Crippen LogP contribution in [0.5, 0.6) is 11.6 Å². The molecule has 0 aliphatic carbocycles. The maximum Gasteiger partial charge on any atom is 0.242 e. The van der Waals surface area contributed by atoms with Gasteiger partial charge in [-0.15, -0.1) is 16.4 Å². The first-order valence-corrected chi connectivity index (χ1v) is 12.5. The lowest BCUT2D eigenvalue weighted by molar-refractivity contribution is 0.462. The van der Waals surface area contributed by atoms with E-state index in [1.807, 2.05) is 48.3 Å². The summed E-state index contributed by atoms with van der Waals surface area (Å²) in [5, 5.41) is 23.1. The monoisotopic (exact) mass is 495 g/mol. The van der Waals surface area contributed by atoms with Crippen LogP contribution in [0.15, 0.2) is 54.0 Å². The minimum Gasteiger partial charge on any atom is -0.437 e. The molecule has 36 heavy (non-hydrogen) atoms. The molecule has 9 heteroatoms. The first kappa shape index (κ1) is 23.5. The summed E-state index contributed by atoms with van der Waals surface area (Å²) in [5.41, 5.74) is 6.53. The fourth-order valence-electron chi connectivity index (χ4n) is 4.09. The van der Waals surface area contributed by atoms with Gasteiger partial charge in [-0.2, -0.15) is 10.2 Å². The second-order valence-electron chi connectivity index (χ2n) is 8.71. The largest absolute Gasteiger partial charge is 0.437 e. The second-order valence-corrected chi connectivity index (χ2v) is 9.63. The van der Waals surface area contributed by atoms with E-state index in [0.29, 0.717) is 42.7 Å². The van der Waals surface area contributed by atoms with Crippen LogP contribution in [0.25, 0.3) is 10.2 Å². The van der Waals surface area contributed by atoms with Crippen LogP contribution in [0.1, 0.15) is 33.5 Å². The van der Waals surface area contributed by atoms with Gasteiger partial charge < -0.3 is 10.1 Å². The Balaban J connectivity index is 1.28. The molecule has 0 saturated heterocycles. The lowest BCUT2D eigenvalue weighted by atomic mass is 10.1. The fourth-order valence-corrected chi connectivity index (χ4v) is 4.84. The summed E-state index contributed by atoms with van der Waals surface area (Å²) in [7, 11) is 0. The molecule has 0 radical (unpaired) electrons. The number of hydrogen-bond donors (Lipinski definition) is 1. The molecule has 0 atom stereocenters. The van der Waals surface area contributed by atoms with E-state index in [9.17, 15) is 5.26 Å². The number of hydrogen-bond acceptors (Lipinski definition) is 8. The topological polar surface area (TPSA) is 102 Å². The van der Waals surface area contributed by atoms with E-state index < -0.39 is 0 Å². The predicted molar refractivity (Wildman–Crippen MR) is 141 cm³/mol. The van der Waals surface area contributed by atoms with Gasteiger partial charge in [0.05, 0.1) is 29.4 Å². The third-order valence-corrected chi connectivity index (χ3v) is 6.63. The molecule has 0 unspecified atom stereocenters. The first-order chi connectivity index (χ1) is 17.5. The standard InChI is InChI=1S/C27H25N7OS/c1-17-5-4-6-20(11-17)15-34-16-22(32-33-34)7-9-29-27-30-23-8-10-36-25(23)26(31-27)35-24-18(2)12-21(14-28)13-19(24)3/h4-6,8,10-13,16H,7,9,15H2,1-3H3,(H,29,30,31). The van der Waals surface area contributed by atoms with Crippen molar-refractivity contribution in [3.8, 4) is 17.7 Å². The highest BCUT2D eigenvalue weighted by Crippen LogP contribution is 2.35. The fraction of sp³-hybridized carbons (Fsp3) is 0.222. The van der Waals surface area contributed by atoms with Crippen molar-refractivity contribution in [3.63, 3.8) is 0 Å². The number of rotatable bonds is 8. The maximum atomic E-state index is 9.23. The van der Waals surface area contributed by atoms with Crippen molar-refractivity contribution in [3.05, 3.63) is 87.6 Å². The van der Waals surface area contributed by atoms with Gasteiger partial charge in [-0.25, -0.2) is 9.67 Å². The van der Waals surface area contributed by atoms with Crippen molar-refractivity contribution in [2.24, 2.45) is 0 Å². The second kappa shape index (κ2) is 10.1. The average Bonchev–Trinajstić information content (AvgIpc) is 3.51. The Hall–Kier alpha value is -4.29. The zero-order valence-electron chi connectivity index (χ0n) is 20.3. The summed E-state index contributed by atoms with van der Waals surface area (Å²) in [6, 6.07) is 16.2. The Morgan fingerprint density at radius 3 is 2.69 bits per heavy atom. The number of aryl methyl sites for hydroxylation is 3. The summed E-state index contributed by atoms with van der Waals surface area (Å²) >= 11 is 1.54. The van der Waals surface area contributed by atoms with Crippen LogP contribution in [0.3, 0.4) is 0 Å². The van der Waals surface area contributed by atoms with E-state index in [1.165, 1.54) is 22.5 Å². The molecule has 0 saturated carbocycles. The number of ether oxygens (including phenoxy) is 1. The van der Waals surface area contributed by atoms with Crippen molar-refractivity contribution in [2.45, 2.75) is 33.7 Å². The van der Waals surface area contributed by atoms with Crippen molar-refractivity contribution < 1.29 is 4.74 Å². The van der Waals surface area contributed by atoms with Crippen LogP contribution < -0.4 is 10.1 Å². The molecule has 0 amide bonds. The summed E-state index contributed by atoms with van der Waals surface area (Å²) in [6.45, 7) is 7.24. The number of benzene rings is 2. The highest BCUT2D eigenvalue weighted by Gasteiger charge is 2.15. The summed E-state index contributed by atoms with van der Waals surface area (Å²) < 4.78 is 9.00. The molecule has 0 aliphatic rings. The lowest BCUT2D eigenvalue weighted by Gasteiger charge is -2.13. The van der Waals surface area contributed by atoms with Crippen molar-refractivity contribution in [2.75, 3.05) is 11.9 Å². The Kier molecular flexibility index (Phi) is 6.60.